The first-order valence-electron chi connectivity index (χ1n) is 12.2. The van der Waals surface area contributed by atoms with E-state index in [0.29, 0.717) is 19.6 Å². The van der Waals surface area contributed by atoms with Crippen molar-refractivity contribution in [3.05, 3.63) is 34.4 Å². The van der Waals surface area contributed by atoms with Crippen molar-refractivity contribution in [1.29, 1.82) is 0 Å². The van der Waals surface area contributed by atoms with Gasteiger partial charge < -0.3 is 19.3 Å². The van der Waals surface area contributed by atoms with Crippen LogP contribution >= 0.6 is 0 Å². The van der Waals surface area contributed by atoms with Crippen molar-refractivity contribution in [2.75, 3.05) is 40.9 Å². The smallest absolute Gasteiger partial charge is 0.434 e. The fourth-order valence-corrected chi connectivity index (χ4v) is 4.63. The number of benzene rings is 1. The number of aryl methyl sites for hydroxylation is 3. The lowest BCUT2D eigenvalue weighted by Crippen LogP contribution is -2.63. The molecule has 0 saturated carbocycles. The second-order valence-corrected chi connectivity index (χ2v) is 9.63. The van der Waals surface area contributed by atoms with Crippen molar-refractivity contribution in [3.8, 4) is 0 Å². The van der Waals surface area contributed by atoms with Crippen LogP contribution in [0.25, 0.3) is 0 Å². The van der Waals surface area contributed by atoms with Crippen molar-refractivity contribution in [2.45, 2.75) is 65.8 Å². The number of hydrogen-bond donors (Lipinski definition) is 0. The molecule has 0 aromatic heterocycles. The molecule has 9 heteroatoms. The van der Waals surface area contributed by atoms with E-state index in [1.807, 2.05) is 46.8 Å². The molecular formula is C26H41N3O6. The molecule has 35 heavy (non-hydrogen) atoms. The fourth-order valence-electron chi connectivity index (χ4n) is 4.63. The summed E-state index contributed by atoms with van der Waals surface area (Å²) in [6.45, 7) is 11.2. The zero-order valence-electron chi connectivity index (χ0n) is 22.5. The Labute approximate surface area is 209 Å². The number of methoxy groups -OCH3 is 1. The van der Waals surface area contributed by atoms with Gasteiger partial charge in [0.25, 0.3) is 5.91 Å². The maximum absolute atomic E-state index is 13.8. The average Bonchev–Trinajstić information content (AvgIpc) is 2.83. The monoisotopic (exact) mass is 491 g/mol. The first-order valence-corrected chi connectivity index (χ1v) is 12.2. The van der Waals surface area contributed by atoms with Crippen LogP contribution < -0.4 is 0 Å². The van der Waals surface area contributed by atoms with Crippen molar-refractivity contribution >= 4 is 18.0 Å². The van der Waals surface area contributed by atoms with Crippen LogP contribution in [-0.2, 0) is 30.4 Å². The third kappa shape index (κ3) is 6.73. The molecular weight excluding hydrogens is 450 g/mol. The molecule has 0 radical (unpaired) electrons. The molecule has 1 unspecified atom stereocenters. The predicted molar refractivity (Wildman–Crippen MR) is 132 cm³/mol. The summed E-state index contributed by atoms with van der Waals surface area (Å²) >= 11 is 0. The molecule has 1 fully saturated rings. The van der Waals surface area contributed by atoms with Gasteiger partial charge in [-0.05, 0) is 43.4 Å². The minimum atomic E-state index is -1.44. The van der Waals surface area contributed by atoms with Crippen LogP contribution in [0.4, 0.5) is 4.79 Å². The van der Waals surface area contributed by atoms with Crippen LogP contribution in [0.5, 0.6) is 0 Å². The van der Waals surface area contributed by atoms with Gasteiger partial charge in [-0.2, -0.15) is 10.1 Å². The van der Waals surface area contributed by atoms with E-state index in [0.717, 1.165) is 33.7 Å². The van der Waals surface area contributed by atoms with Crippen molar-refractivity contribution < 1.29 is 28.8 Å². The Bertz CT molecular complexity index is 887. The molecule has 0 aliphatic carbocycles. The lowest BCUT2D eigenvalue weighted by molar-refractivity contribution is -0.230. The van der Waals surface area contributed by atoms with Crippen molar-refractivity contribution in [1.82, 2.24) is 15.0 Å². The highest BCUT2D eigenvalue weighted by molar-refractivity contribution is 5.89. The SMILES string of the molecule is CCC(C)CN(C)C(=O)ON(C(=O)Cc1c(C)cc(C)cc1C)C1(C(=O)OC)CCN(OC)CC1. The largest absolute Gasteiger partial charge is 0.467 e. The highest BCUT2D eigenvalue weighted by Crippen LogP contribution is 2.33. The van der Waals surface area contributed by atoms with E-state index in [4.69, 9.17) is 14.4 Å². The first-order chi connectivity index (χ1) is 16.5. The van der Waals surface area contributed by atoms with Crippen LogP contribution in [0.1, 0.15) is 55.4 Å². The molecule has 1 atom stereocenters. The van der Waals surface area contributed by atoms with Crippen molar-refractivity contribution in [2.24, 2.45) is 5.92 Å². The van der Waals surface area contributed by atoms with Gasteiger partial charge in [-0.1, -0.05) is 38.0 Å². The third-order valence-corrected chi connectivity index (χ3v) is 6.92. The van der Waals surface area contributed by atoms with E-state index >= 15 is 0 Å². The molecule has 1 heterocycles. The number of carbonyl (C=O) groups excluding carboxylic acids is 3. The van der Waals surface area contributed by atoms with Gasteiger partial charge in [0.05, 0.1) is 20.6 Å². The summed E-state index contributed by atoms with van der Waals surface area (Å²) in [4.78, 5) is 52.5. The second kappa shape index (κ2) is 12.4. The van der Waals surface area contributed by atoms with Gasteiger partial charge in [0.15, 0.2) is 5.54 Å². The number of carbonyl (C=O) groups is 3. The molecule has 1 aliphatic rings. The van der Waals surface area contributed by atoms with Gasteiger partial charge >= 0.3 is 12.1 Å². The van der Waals surface area contributed by atoms with Crippen LogP contribution in [0.3, 0.4) is 0 Å². The summed E-state index contributed by atoms with van der Waals surface area (Å²) in [6, 6.07) is 4.03. The van der Waals surface area contributed by atoms with Crippen LogP contribution in [0, 0.1) is 26.7 Å². The summed E-state index contributed by atoms with van der Waals surface area (Å²) in [5.41, 5.74) is 2.45. The summed E-state index contributed by atoms with van der Waals surface area (Å²) in [5, 5.41) is 2.69. The Hall–Kier alpha value is -2.65. The molecule has 196 valence electrons. The quantitative estimate of drug-likeness (QED) is 0.406. The van der Waals surface area contributed by atoms with Gasteiger partial charge in [0.2, 0.25) is 0 Å². The molecule has 2 rings (SSSR count). The standard InChI is InChI=1S/C26H41N3O6/c1-9-18(2)17-27(6)25(32)35-29(23(30)16-22-20(4)14-19(3)15-21(22)5)26(24(31)33-7)10-12-28(34-8)13-11-26/h14-15,18H,9-13,16-17H2,1-8H3. The topological polar surface area (TPSA) is 88.6 Å². The number of nitrogens with zero attached hydrogens (tertiary/aromatic N) is 3. The normalized spacial score (nSPS) is 16.3. The lowest BCUT2D eigenvalue weighted by Gasteiger charge is -2.44. The summed E-state index contributed by atoms with van der Waals surface area (Å²) in [6.07, 6.45) is 0.604. The number of esters is 1. The van der Waals surface area contributed by atoms with Crippen LogP contribution in [0.15, 0.2) is 12.1 Å². The Morgan fingerprint density at radius 1 is 1.09 bits per heavy atom. The first kappa shape index (κ1) is 28.6. The summed E-state index contributed by atoms with van der Waals surface area (Å²) < 4.78 is 5.13. The minimum absolute atomic E-state index is 0.00690. The molecule has 0 N–H and O–H groups in total. The maximum Gasteiger partial charge on any atom is 0.434 e. The van der Waals surface area contributed by atoms with Gasteiger partial charge in [0, 0.05) is 39.5 Å². The molecule has 2 amide bonds. The third-order valence-electron chi connectivity index (χ3n) is 6.92. The van der Waals surface area contributed by atoms with E-state index in [1.54, 1.807) is 19.2 Å². The minimum Gasteiger partial charge on any atom is -0.467 e. The van der Waals surface area contributed by atoms with Crippen molar-refractivity contribution in [3.63, 3.8) is 0 Å². The van der Waals surface area contributed by atoms with E-state index in [1.165, 1.54) is 12.0 Å². The molecule has 1 saturated heterocycles. The average molecular weight is 492 g/mol. The molecule has 1 aliphatic heterocycles. The predicted octanol–water partition coefficient (Wildman–Crippen LogP) is 3.58. The van der Waals surface area contributed by atoms with E-state index in [-0.39, 0.29) is 25.2 Å². The molecule has 0 spiro atoms. The van der Waals surface area contributed by atoms with Gasteiger partial charge in [-0.3, -0.25) is 4.79 Å². The molecule has 1 aromatic carbocycles. The highest BCUT2D eigenvalue weighted by Gasteiger charge is 2.52. The van der Waals surface area contributed by atoms with Gasteiger partial charge in [-0.25, -0.2) is 9.59 Å². The molecule has 9 nitrogen and oxygen atoms in total. The maximum atomic E-state index is 13.8. The molecule has 0 bridgehead atoms. The Morgan fingerprint density at radius 3 is 2.14 bits per heavy atom. The fraction of sp³-hybridized carbons (Fsp3) is 0.654. The molecule has 1 aromatic rings. The summed E-state index contributed by atoms with van der Waals surface area (Å²) in [5.74, 6) is -0.827. The zero-order valence-corrected chi connectivity index (χ0v) is 22.5. The van der Waals surface area contributed by atoms with E-state index in [2.05, 4.69) is 0 Å². The Morgan fingerprint density at radius 2 is 1.66 bits per heavy atom. The lowest BCUT2D eigenvalue weighted by atomic mass is 9.86. The Kier molecular flexibility index (Phi) is 10.1. The van der Waals surface area contributed by atoms with E-state index in [9.17, 15) is 14.4 Å². The number of hydroxylamine groups is 4. The number of ether oxygens (including phenoxy) is 1. The Balaban J connectivity index is 2.45. The van der Waals surface area contributed by atoms with Crippen LogP contribution in [-0.4, -0.2) is 79.4 Å². The zero-order chi connectivity index (χ0) is 26.3. The number of rotatable bonds is 8. The van der Waals surface area contributed by atoms with Gasteiger partial charge in [0.1, 0.15) is 0 Å². The summed E-state index contributed by atoms with van der Waals surface area (Å²) in [7, 11) is 4.46. The number of piperidine rings is 1. The second-order valence-electron chi connectivity index (χ2n) is 9.63. The van der Waals surface area contributed by atoms with Crippen LogP contribution in [0.2, 0.25) is 0 Å². The number of hydrogen-bond acceptors (Lipinski definition) is 7. The number of amides is 2. The van der Waals surface area contributed by atoms with Gasteiger partial charge in [-0.15, -0.1) is 0 Å². The highest BCUT2D eigenvalue weighted by atomic mass is 16.7. The van der Waals surface area contributed by atoms with E-state index < -0.39 is 23.5 Å².